The molecule has 4 aromatic rings. The number of aromatic amines is 1. The van der Waals surface area contributed by atoms with Gasteiger partial charge in [-0.2, -0.15) is 21.4 Å². The van der Waals surface area contributed by atoms with Crippen LogP contribution in [0.5, 0.6) is 0 Å². The molecule has 10 nitrogen and oxygen atoms in total. The molecule has 11 heteroatoms. The second kappa shape index (κ2) is 7.76. The normalized spacial score (nSPS) is 14.2. The van der Waals surface area contributed by atoms with Crippen LogP contribution in [-0.4, -0.2) is 59.4 Å². The first-order valence-corrected chi connectivity index (χ1v) is 10.4. The standard InChI is InChI=1S/C19H19N7O3S/c1-20-18(27)14-8-13-16(29-14)17(26-3-5-28-6-4-26)23-19(21-13)22-15-9-12(24-25-15)11-2-7-30-10-11/h2,7-10H,3-6H2,1H3,(H,20,27)(H2,21,22,23,24,25). The van der Waals surface area contributed by atoms with E-state index in [1.165, 1.54) is 0 Å². The number of hydrogen-bond donors (Lipinski definition) is 3. The Labute approximate surface area is 175 Å². The lowest BCUT2D eigenvalue weighted by Gasteiger charge is -2.27. The molecule has 0 spiro atoms. The molecule has 0 bridgehead atoms. The maximum Gasteiger partial charge on any atom is 0.286 e. The van der Waals surface area contributed by atoms with Crippen LogP contribution in [0.1, 0.15) is 10.6 Å². The fourth-order valence-corrected chi connectivity index (χ4v) is 3.92. The molecule has 1 aliphatic heterocycles. The number of morpholine rings is 1. The van der Waals surface area contributed by atoms with Gasteiger partial charge in [0, 0.05) is 43.2 Å². The monoisotopic (exact) mass is 425 g/mol. The molecule has 0 atom stereocenters. The number of furan rings is 1. The lowest BCUT2D eigenvalue weighted by atomic mass is 10.2. The van der Waals surface area contributed by atoms with Crippen molar-refractivity contribution in [3.63, 3.8) is 0 Å². The highest BCUT2D eigenvalue weighted by molar-refractivity contribution is 7.08. The van der Waals surface area contributed by atoms with Gasteiger partial charge in [0.1, 0.15) is 5.52 Å². The summed E-state index contributed by atoms with van der Waals surface area (Å²) in [5.74, 6) is 1.46. The lowest BCUT2D eigenvalue weighted by molar-refractivity contribution is 0.0937. The largest absolute Gasteiger partial charge is 0.445 e. The molecule has 0 radical (unpaired) electrons. The van der Waals surface area contributed by atoms with E-state index < -0.39 is 0 Å². The third-order valence-electron chi connectivity index (χ3n) is 4.77. The summed E-state index contributed by atoms with van der Waals surface area (Å²) in [4.78, 5) is 23.3. The highest BCUT2D eigenvalue weighted by atomic mass is 32.1. The van der Waals surface area contributed by atoms with Gasteiger partial charge in [-0.1, -0.05) is 0 Å². The van der Waals surface area contributed by atoms with Gasteiger partial charge < -0.3 is 24.7 Å². The second-order valence-corrected chi connectivity index (χ2v) is 7.46. The van der Waals surface area contributed by atoms with Crippen LogP contribution in [0.2, 0.25) is 0 Å². The SMILES string of the molecule is CNC(=O)c1cc2nc(Nc3cc(-c4ccsc4)[nH]n3)nc(N3CCOCC3)c2o1. The Morgan fingerprint density at radius 1 is 1.27 bits per heavy atom. The average molecular weight is 425 g/mol. The number of nitrogens with zero attached hydrogens (tertiary/aromatic N) is 4. The Balaban J connectivity index is 1.52. The number of ether oxygens (including phenoxy) is 1. The van der Waals surface area contributed by atoms with E-state index in [9.17, 15) is 4.79 Å². The van der Waals surface area contributed by atoms with Crippen molar-refractivity contribution in [1.29, 1.82) is 0 Å². The zero-order valence-corrected chi connectivity index (χ0v) is 17.0. The number of nitrogens with one attached hydrogen (secondary N) is 3. The van der Waals surface area contributed by atoms with Crippen LogP contribution in [0, 0.1) is 0 Å². The summed E-state index contributed by atoms with van der Waals surface area (Å²) in [5.41, 5.74) is 2.98. The molecule has 5 heterocycles. The number of H-pyrrole nitrogens is 1. The van der Waals surface area contributed by atoms with Crippen molar-refractivity contribution in [3.8, 4) is 11.3 Å². The molecule has 0 saturated carbocycles. The van der Waals surface area contributed by atoms with Gasteiger partial charge in [-0.25, -0.2) is 4.98 Å². The van der Waals surface area contributed by atoms with E-state index in [2.05, 4.69) is 35.7 Å². The molecule has 1 saturated heterocycles. The number of fused-ring (bicyclic) bond motifs is 1. The summed E-state index contributed by atoms with van der Waals surface area (Å²) in [6.07, 6.45) is 0. The summed E-state index contributed by atoms with van der Waals surface area (Å²) in [5, 5.41) is 17.1. The summed E-state index contributed by atoms with van der Waals surface area (Å²) in [7, 11) is 1.56. The highest BCUT2D eigenvalue weighted by Crippen LogP contribution is 2.30. The quantitative estimate of drug-likeness (QED) is 0.446. The van der Waals surface area contributed by atoms with Crippen LogP contribution in [0.4, 0.5) is 17.6 Å². The number of thiophene rings is 1. The third-order valence-corrected chi connectivity index (χ3v) is 5.45. The zero-order valence-electron chi connectivity index (χ0n) is 16.1. The summed E-state index contributed by atoms with van der Waals surface area (Å²) >= 11 is 1.62. The number of aromatic nitrogens is 4. The van der Waals surface area contributed by atoms with E-state index in [1.54, 1.807) is 24.5 Å². The zero-order chi connectivity index (χ0) is 20.5. The van der Waals surface area contributed by atoms with Crippen molar-refractivity contribution >= 4 is 45.9 Å². The number of anilines is 3. The molecule has 30 heavy (non-hydrogen) atoms. The molecule has 5 rings (SSSR count). The molecule has 0 aromatic carbocycles. The molecule has 1 amide bonds. The molecule has 154 valence electrons. The molecular weight excluding hydrogens is 406 g/mol. The van der Waals surface area contributed by atoms with Crippen LogP contribution in [0.15, 0.2) is 33.4 Å². The van der Waals surface area contributed by atoms with Crippen LogP contribution >= 0.6 is 11.3 Å². The predicted octanol–water partition coefficient (Wildman–Crippen LogP) is 2.61. The maximum absolute atomic E-state index is 12.0. The van der Waals surface area contributed by atoms with E-state index in [4.69, 9.17) is 9.15 Å². The van der Waals surface area contributed by atoms with Gasteiger partial charge in [0.2, 0.25) is 5.95 Å². The minimum absolute atomic E-state index is 0.188. The first-order chi connectivity index (χ1) is 14.7. The fourth-order valence-electron chi connectivity index (χ4n) is 3.26. The molecular formula is C19H19N7O3S. The Bertz CT molecular complexity index is 1180. The topological polar surface area (TPSA) is 121 Å². The number of carbonyl (C=O) groups excluding carboxylic acids is 1. The van der Waals surface area contributed by atoms with Gasteiger partial charge >= 0.3 is 0 Å². The van der Waals surface area contributed by atoms with Crippen molar-refractivity contribution in [2.45, 2.75) is 0 Å². The van der Waals surface area contributed by atoms with E-state index in [1.807, 2.05) is 22.9 Å². The number of hydrogen-bond acceptors (Lipinski definition) is 9. The van der Waals surface area contributed by atoms with Gasteiger partial charge in [-0.05, 0) is 11.4 Å². The Kier molecular flexibility index (Phi) is 4.81. The second-order valence-electron chi connectivity index (χ2n) is 6.68. The van der Waals surface area contributed by atoms with Crippen molar-refractivity contribution in [2.24, 2.45) is 0 Å². The highest BCUT2D eigenvalue weighted by Gasteiger charge is 2.22. The van der Waals surface area contributed by atoms with Crippen molar-refractivity contribution in [1.82, 2.24) is 25.5 Å². The average Bonchev–Trinajstić information content (AvgIpc) is 3.53. The van der Waals surface area contributed by atoms with Crippen molar-refractivity contribution < 1.29 is 13.9 Å². The summed E-state index contributed by atoms with van der Waals surface area (Å²) < 4.78 is 11.2. The number of carbonyl (C=O) groups is 1. The molecule has 1 fully saturated rings. The molecule has 4 aromatic heterocycles. The number of rotatable bonds is 5. The fraction of sp³-hybridized carbons (Fsp3) is 0.263. The molecule has 1 aliphatic rings. The number of amides is 1. The van der Waals surface area contributed by atoms with E-state index >= 15 is 0 Å². The Morgan fingerprint density at radius 2 is 2.13 bits per heavy atom. The first kappa shape index (κ1) is 18.6. The van der Waals surface area contributed by atoms with Gasteiger partial charge in [0.15, 0.2) is 23.0 Å². The van der Waals surface area contributed by atoms with Gasteiger partial charge in [-0.3, -0.25) is 9.89 Å². The molecule has 3 N–H and O–H groups in total. The van der Waals surface area contributed by atoms with E-state index in [-0.39, 0.29) is 11.7 Å². The Hall–Kier alpha value is -3.44. The Morgan fingerprint density at radius 3 is 2.90 bits per heavy atom. The smallest absolute Gasteiger partial charge is 0.286 e. The molecule has 0 unspecified atom stereocenters. The van der Waals surface area contributed by atoms with Crippen LogP contribution in [0.3, 0.4) is 0 Å². The van der Waals surface area contributed by atoms with Crippen molar-refractivity contribution in [2.75, 3.05) is 43.6 Å². The molecule has 0 aliphatic carbocycles. The van der Waals surface area contributed by atoms with E-state index in [0.29, 0.717) is 55.0 Å². The van der Waals surface area contributed by atoms with Gasteiger partial charge in [0.05, 0.1) is 18.9 Å². The van der Waals surface area contributed by atoms with Crippen LogP contribution in [-0.2, 0) is 4.74 Å². The summed E-state index contributed by atoms with van der Waals surface area (Å²) in [6.45, 7) is 2.54. The minimum Gasteiger partial charge on any atom is -0.445 e. The summed E-state index contributed by atoms with van der Waals surface area (Å²) in [6, 6.07) is 5.54. The predicted molar refractivity (Wildman–Crippen MR) is 113 cm³/mol. The first-order valence-electron chi connectivity index (χ1n) is 9.42. The van der Waals surface area contributed by atoms with Crippen LogP contribution in [0.25, 0.3) is 22.4 Å². The van der Waals surface area contributed by atoms with Crippen LogP contribution < -0.4 is 15.5 Å². The van der Waals surface area contributed by atoms with Gasteiger partial charge in [-0.15, -0.1) is 0 Å². The third kappa shape index (κ3) is 3.48. The van der Waals surface area contributed by atoms with Crippen molar-refractivity contribution in [3.05, 3.63) is 34.7 Å². The van der Waals surface area contributed by atoms with E-state index in [0.717, 1.165) is 11.3 Å². The van der Waals surface area contributed by atoms with Gasteiger partial charge in [0.25, 0.3) is 5.91 Å². The minimum atomic E-state index is -0.317. The lowest BCUT2D eigenvalue weighted by Crippen LogP contribution is -2.37. The maximum atomic E-state index is 12.0.